The quantitative estimate of drug-likeness (QED) is 0.748. The van der Waals surface area contributed by atoms with E-state index in [1.807, 2.05) is 32.9 Å². The van der Waals surface area contributed by atoms with Gasteiger partial charge in [-0.2, -0.15) is 0 Å². The Balaban J connectivity index is 1.75. The van der Waals surface area contributed by atoms with Crippen LogP contribution in [0, 0.1) is 19.8 Å². The molecule has 0 bridgehead atoms. The van der Waals surface area contributed by atoms with Gasteiger partial charge in [0.2, 0.25) is 10.0 Å². The molecule has 0 spiro atoms. The van der Waals surface area contributed by atoms with E-state index in [0.717, 1.165) is 24.2 Å². The molecule has 0 aliphatic carbocycles. The monoisotopic (exact) mass is 416 g/mol. The summed E-state index contributed by atoms with van der Waals surface area (Å²) in [5.41, 5.74) is 3.70. The van der Waals surface area contributed by atoms with Crippen LogP contribution in [-0.2, 0) is 10.0 Å². The molecule has 2 aromatic carbocycles. The number of benzene rings is 2. The molecule has 1 N–H and O–H groups in total. The van der Waals surface area contributed by atoms with Gasteiger partial charge in [-0.05, 0) is 80.5 Å². The molecule has 29 heavy (non-hydrogen) atoms. The molecule has 1 fully saturated rings. The zero-order valence-electron chi connectivity index (χ0n) is 18.0. The van der Waals surface area contributed by atoms with Gasteiger partial charge < -0.3 is 9.64 Å². The van der Waals surface area contributed by atoms with Crippen LogP contribution in [0.5, 0.6) is 5.75 Å². The number of hydrogen-bond acceptors (Lipinski definition) is 4. The van der Waals surface area contributed by atoms with E-state index in [1.54, 1.807) is 19.2 Å². The summed E-state index contributed by atoms with van der Waals surface area (Å²) < 4.78 is 34.1. The lowest BCUT2D eigenvalue weighted by atomic mass is 9.99. The van der Waals surface area contributed by atoms with E-state index in [2.05, 4.69) is 28.7 Å². The molecule has 1 saturated heterocycles. The Morgan fingerprint density at radius 1 is 1.10 bits per heavy atom. The number of sulfonamides is 1. The first kappa shape index (κ1) is 21.7. The predicted molar refractivity (Wildman–Crippen MR) is 118 cm³/mol. The van der Waals surface area contributed by atoms with Crippen molar-refractivity contribution in [2.24, 2.45) is 5.92 Å². The van der Waals surface area contributed by atoms with Gasteiger partial charge in [0, 0.05) is 24.8 Å². The Kier molecular flexibility index (Phi) is 6.54. The third kappa shape index (κ3) is 4.75. The molecular weight excluding hydrogens is 384 g/mol. The molecule has 3 rings (SSSR count). The lowest BCUT2D eigenvalue weighted by Crippen LogP contribution is -2.34. The number of piperidine rings is 1. The van der Waals surface area contributed by atoms with Gasteiger partial charge in [-0.1, -0.05) is 19.1 Å². The first-order valence-electron chi connectivity index (χ1n) is 10.2. The summed E-state index contributed by atoms with van der Waals surface area (Å²) in [5.74, 6) is 1.41. The van der Waals surface area contributed by atoms with Gasteiger partial charge in [0.05, 0.1) is 12.0 Å². The van der Waals surface area contributed by atoms with Crippen molar-refractivity contribution in [3.05, 3.63) is 53.1 Å². The van der Waals surface area contributed by atoms with E-state index >= 15 is 0 Å². The zero-order chi connectivity index (χ0) is 21.2. The van der Waals surface area contributed by atoms with E-state index in [-0.39, 0.29) is 6.04 Å². The first-order valence-corrected chi connectivity index (χ1v) is 11.7. The Labute approximate surface area is 175 Å². The fourth-order valence-corrected chi connectivity index (χ4v) is 5.58. The second-order valence-corrected chi connectivity index (χ2v) is 9.83. The topological polar surface area (TPSA) is 58.6 Å². The Morgan fingerprint density at radius 3 is 2.41 bits per heavy atom. The summed E-state index contributed by atoms with van der Waals surface area (Å²) in [6.07, 6.45) is 2.51. The molecule has 0 saturated carbocycles. The fraction of sp³-hybridized carbons (Fsp3) is 0.478. The van der Waals surface area contributed by atoms with E-state index in [4.69, 9.17) is 4.74 Å². The number of rotatable bonds is 6. The fourth-order valence-electron chi connectivity index (χ4n) is 4.05. The SMILES string of the molecule is COc1ccc(S(=O)(=O)N[C@H](C)c2ccc(N3CCC[C@@H](C)C3)cc2)c(C)c1C. The van der Waals surface area contributed by atoms with Crippen molar-refractivity contribution in [3.63, 3.8) is 0 Å². The molecule has 0 aromatic heterocycles. The highest BCUT2D eigenvalue weighted by Gasteiger charge is 2.23. The lowest BCUT2D eigenvalue weighted by Gasteiger charge is -2.33. The van der Waals surface area contributed by atoms with Crippen molar-refractivity contribution in [1.29, 1.82) is 0 Å². The normalized spacial score (nSPS) is 18.5. The second kappa shape index (κ2) is 8.76. The molecule has 158 valence electrons. The maximum atomic E-state index is 13.0. The van der Waals surface area contributed by atoms with Gasteiger partial charge in [0.15, 0.2) is 0 Å². The zero-order valence-corrected chi connectivity index (χ0v) is 18.8. The van der Waals surface area contributed by atoms with Crippen molar-refractivity contribution in [3.8, 4) is 5.75 Å². The molecule has 2 aromatic rings. The second-order valence-electron chi connectivity index (χ2n) is 8.14. The van der Waals surface area contributed by atoms with Crippen LogP contribution in [0.25, 0.3) is 0 Å². The van der Waals surface area contributed by atoms with Crippen LogP contribution in [0.15, 0.2) is 41.3 Å². The molecule has 6 heteroatoms. The maximum absolute atomic E-state index is 13.0. The van der Waals surface area contributed by atoms with E-state index in [0.29, 0.717) is 22.1 Å². The number of hydrogen-bond donors (Lipinski definition) is 1. The average molecular weight is 417 g/mol. The number of methoxy groups -OCH3 is 1. The minimum absolute atomic E-state index is 0.293. The van der Waals surface area contributed by atoms with Crippen LogP contribution in [0.2, 0.25) is 0 Å². The van der Waals surface area contributed by atoms with Gasteiger partial charge in [0.1, 0.15) is 5.75 Å². The molecule has 0 radical (unpaired) electrons. The van der Waals surface area contributed by atoms with Gasteiger partial charge in [-0.25, -0.2) is 13.1 Å². The maximum Gasteiger partial charge on any atom is 0.241 e. The number of ether oxygens (including phenoxy) is 1. The summed E-state index contributed by atoms with van der Waals surface area (Å²) in [7, 11) is -2.05. The summed E-state index contributed by atoms with van der Waals surface area (Å²) in [4.78, 5) is 2.71. The molecular formula is C23H32N2O3S. The van der Waals surface area contributed by atoms with Crippen molar-refractivity contribution in [1.82, 2.24) is 4.72 Å². The molecule has 1 aliphatic rings. The summed E-state index contributed by atoms with van der Waals surface area (Å²) >= 11 is 0. The number of nitrogens with zero attached hydrogens (tertiary/aromatic N) is 1. The van der Waals surface area contributed by atoms with Crippen molar-refractivity contribution >= 4 is 15.7 Å². The molecule has 2 atom stereocenters. The Hall–Kier alpha value is -2.05. The van der Waals surface area contributed by atoms with Crippen LogP contribution in [0.3, 0.4) is 0 Å². The largest absolute Gasteiger partial charge is 0.496 e. The number of nitrogens with one attached hydrogen (secondary N) is 1. The predicted octanol–water partition coefficient (Wildman–Crippen LogP) is 4.59. The van der Waals surface area contributed by atoms with Gasteiger partial charge >= 0.3 is 0 Å². The highest BCUT2D eigenvalue weighted by Crippen LogP contribution is 2.29. The van der Waals surface area contributed by atoms with Gasteiger partial charge in [-0.3, -0.25) is 0 Å². The highest BCUT2D eigenvalue weighted by atomic mass is 32.2. The van der Waals surface area contributed by atoms with E-state index in [9.17, 15) is 8.42 Å². The standard InChI is InChI=1S/C23H32N2O3S/c1-16-7-6-14-25(15-16)21-10-8-20(9-11-21)19(4)24-29(26,27)23-13-12-22(28-5)17(2)18(23)3/h8-13,16,19,24H,6-7,14-15H2,1-5H3/t16-,19-/m1/s1. The molecule has 1 heterocycles. The summed E-state index contributed by atoms with van der Waals surface area (Å²) in [6.45, 7) is 10.0. The molecule has 0 unspecified atom stereocenters. The Morgan fingerprint density at radius 2 is 1.79 bits per heavy atom. The first-order chi connectivity index (χ1) is 13.7. The highest BCUT2D eigenvalue weighted by molar-refractivity contribution is 7.89. The van der Waals surface area contributed by atoms with Crippen LogP contribution in [0.1, 0.15) is 49.4 Å². The third-order valence-corrected chi connectivity index (χ3v) is 7.63. The van der Waals surface area contributed by atoms with E-state index in [1.165, 1.54) is 18.5 Å². The van der Waals surface area contributed by atoms with Crippen molar-refractivity contribution < 1.29 is 13.2 Å². The average Bonchev–Trinajstić information content (AvgIpc) is 2.69. The minimum atomic E-state index is -3.64. The lowest BCUT2D eigenvalue weighted by molar-refractivity contribution is 0.410. The minimum Gasteiger partial charge on any atom is -0.496 e. The van der Waals surface area contributed by atoms with Gasteiger partial charge in [-0.15, -0.1) is 0 Å². The van der Waals surface area contributed by atoms with Crippen LogP contribution in [0.4, 0.5) is 5.69 Å². The van der Waals surface area contributed by atoms with Crippen molar-refractivity contribution in [2.45, 2.75) is 51.5 Å². The smallest absolute Gasteiger partial charge is 0.241 e. The molecule has 1 aliphatic heterocycles. The van der Waals surface area contributed by atoms with Gasteiger partial charge in [0.25, 0.3) is 0 Å². The van der Waals surface area contributed by atoms with Crippen molar-refractivity contribution in [2.75, 3.05) is 25.1 Å². The summed E-state index contributed by atoms with van der Waals surface area (Å²) in [6, 6.07) is 11.2. The number of anilines is 1. The van der Waals surface area contributed by atoms with Crippen LogP contribution in [-0.4, -0.2) is 28.6 Å². The molecule has 0 amide bonds. The molecule has 5 nitrogen and oxygen atoms in total. The summed E-state index contributed by atoms with van der Waals surface area (Å²) in [5, 5.41) is 0. The van der Waals surface area contributed by atoms with Crippen LogP contribution >= 0.6 is 0 Å². The van der Waals surface area contributed by atoms with Crippen LogP contribution < -0.4 is 14.4 Å². The Bertz CT molecular complexity index is 955. The van der Waals surface area contributed by atoms with E-state index < -0.39 is 10.0 Å². The third-order valence-electron chi connectivity index (χ3n) is 5.94.